The number of carbonyl (C=O) groups excluding carboxylic acids is 2. The van der Waals surface area contributed by atoms with E-state index in [1.54, 1.807) is 20.8 Å². The Morgan fingerprint density at radius 2 is 2.00 bits per heavy atom. The Morgan fingerprint density at radius 1 is 1.32 bits per heavy atom. The van der Waals surface area contributed by atoms with Gasteiger partial charge < -0.3 is 19.3 Å². The van der Waals surface area contributed by atoms with Crippen LogP contribution in [0.3, 0.4) is 0 Å². The second kappa shape index (κ2) is 5.05. The minimum atomic E-state index is -2.02. The van der Waals surface area contributed by atoms with Gasteiger partial charge in [0.05, 0.1) is 17.4 Å². The van der Waals surface area contributed by atoms with Crippen LogP contribution >= 0.6 is 0 Å². The van der Waals surface area contributed by atoms with E-state index in [2.05, 4.69) is 6.58 Å². The van der Waals surface area contributed by atoms with E-state index >= 15 is 0 Å². The Labute approximate surface area is 162 Å². The summed E-state index contributed by atoms with van der Waals surface area (Å²) >= 11 is 0. The molecule has 0 aromatic rings. The molecule has 28 heavy (non-hydrogen) atoms. The minimum Gasteiger partial charge on any atom is -0.458 e. The molecule has 1 N–H and O–H groups in total. The number of hydrogen-bond donors (Lipinski definition) is 1. The molecule has 0 aromatic carbocycles. The monoisotopic (exact) mass is 392 g/mol. The fourth-order valence-corrected chi connectivity index (χ4v) is 5.54. The molecule has 9 atom stereocenters. The van der Waals surface area contributed by atoms with Gasteiger partial charge in [-0.15, -0.1) is 0 Å². The van der Waals surface area contributed by atoms with Gasteiger partial charge in [-0.25, -0.2) is 14.5 Å². The Hall–Kier alpha value is -1.74. The van der Waals surface area contributed by atoms with Crippen LogP contribution in [-0.4, -0.2) is 52.3 Å². The summed E-state index contributed by atoms with van der Waals surface area (Å²) in [7, 11) is 0. The molecule has 2 aliphatic carbocycles. The lowest BCUT2D eigenvalue weighted by Crippen LogP contribution is -2.77. The third kappa shape index (κ3) is 1.89. The van der Waals surface area contributed by atoms with Gasteiger partial charge in [-0.05, 0) is 27.2 Å². The van der Waals surface area contributed by atoms with E-state index in [1.165, 1.54) is 0 Å². The van der Waals surface area contributed by atoms with Crippen LogP contribution in [0.2, 0.25) is 0 Å². The Bertz CT molecular complexity index is 836. The normalized spacial score (nSPS) is 56.1. The van der Waals surface area contributed by atoms with Crippen molar-refractivity contribution in [3.8, 4) is 0 Å². The van der Waals surface area contributed by atoms with Gasteiger partial charge in [0.2, 0.25) is 5.79 Å². The summed E-state index contributed by atoms with van der Waals surface area (Å²) in [6.07, 6.45) is 2.07. The van der Waals surface area contributed by atoms with Crippen molar-refractivity contribution in [3.63, 3.8) is 0 Å². The molecule has 4 bridgehead atoms. The average Bonchev–Trinajstić information content (AvgIpc) is 3.14. The smallest absolute Gasteiger partial charge is 0.341 e. The maximum Gasteiger partial charge on any atom is 0.341 e. The van der Waals surface area contributed by atoms with Crippen LogP contribution in [0.15, 0.2) is 24.3 Å². The van der Waals surface area contributed by atoms with E-state index < -0.39 is 58.4 Å². The highest BCUT2D eigenvalue weighted by atomic mass is 17.2. The summed E-state index contributed by atoms with van der Waals surface area (Å²) in [5.74, 6) is -4.37. The highest BCUT2D eigenvalue weighted by Gasteiger charge is 2.78. The Morgan fingerprint density at radius 3 is 2.64 bits per heavy atom. The van der Waals surface area contributed by atoms with Crippen LogP contribution < -0.4 is 0 Å². The number of hydrogen-bond acceptors (Lipinski definition) is 8. The summed E-state index contributed by atoms with van der Waals surface area (Å²) < 4.78 is 16.8. The van der Waals surface area contributed by atoms with Gasteiger partial charge in [-0.1, -0.05) is 25.7 Å². The zero-order valence-corrected chi connectivity index (χ0v) is 16.3. The second-order valence-electron chi connectivity index (χ2n) is 9.16. The largest absolute Gasteiger partial charge is 0.458 e. The zero-order chi connectivity index (χ0) is 20.3. The van der Waals surface area contributed by atoms with Crippen molar-refractivity contribution in [2.24, 2.45) is 17.3 Å². The lowest BCUT2D eigenvalue weighted by Gasteiger charge is -2.64. The fraction of sp³-hybridized carbons (Fsp3) is 0.700. The lowest BCUT2D eigenvalue weighted by atomic mass is 9.50. The maximum absolute atomic E-state index is 12.8. The lowest BCUT2D eigenvalue weighted by molar-refractivity contribution is -0.554. The number of esters is 2. The van der Waals surface area contributed by atoms with Crippen molar-refractivity contribution in [2.45, 2.75) is 69.4 Å². The first-order valence-electron chi connectivity index (χ1n) is 9.53. The highest BCUT2D eigenvalue weighted by molar-refractivity contribution is 5.91. The fourth-order valence-electron chi connectivity index (χ4n) is 5.54. The van der Waals surface area contributed by atoms with Gasteiger partial charge in [-0.2, -0.15) is 4.89 Å². The summed E-state index contributed by atoms with van der Waals surface area (Å²) in [4.78, 5) is 36.4. The third-order valence-corrected chi connectivity index (χ3v) is 7.50. The average molecular weight is 392 g/mol. The van der Waals surface area contributed by atoms with Crippen molar-refractivity contribution in [1.82, 2.24) is 0 Å². The highest BCUT2D eigenvalue weighted by Crippen LogP contribution is 2.65. The molecule has 8 nitrogen and oxygen atoms in total. The van der Waals surface area contributed by atoms with E-state index in [0.717, 1.165) is 0 Å². The molecule has 3 heterocycles. The Balaban J connectivity index is 1.63. The van der Waals surface area contributed by atoms with Crippen LogP contribution in [0.5, 0.6) is 0 Å². The van der Waals surface area contributed by atoms with E-state index in [1.807, 2.05) is 19.1 Å². The number of rotatable bonds is 2. The van der Waals surface area contributed by atoms with Crippen molar-refractivity contribution >= 4 is 11.9 Å². The minimum absolute atomic E-state index is 0.153. The standard InChI is InChI=1S/C20H24O8/c1-9-11-12(24-15(9)21)13-17(3)7-6-8-18(13,4)27-28-20(17,23)14(11)25-16(22)19(5)10(2)26-19/h6-7,10-14,23H,1,8H2,2-5H3/t10-,11+,12-,13+,14-,17+,18-,19-,20-/m1/s1. The molecule has 0 spiro atoms. The van der Waals surface area contributed by atoms with Crippen molar-refractivity contribution in [2.75, 3.05) is 0 Å². The first-order chi connectivity index (χ1) is 13.0. The molecule has 0 amide bonds. The first kappa shape index (κ1) is 18.3. The molecular formula is C20H24O8. The predicted octanol–water partition coefficient (Wildman–Crippen LogP) is 1.18. The summed E-state index contributed by atoms with van der Waals surface area (Å²) in [5.41, 5.74) is -2.76. The molecule has 0 unspecified atom stereocenters. The van der Waals surface area contributed by atoms with Crippen molar-refractivity contribution in [1.29, 1.82) is 0 Å². The van der Waals surface area contributed by atoms with E-state index in [4.69, 9.17) is 24.0 Å². The van der Waals surface area contributed by atoms with Gasteiger partial charge in [0.15, 0.2) is 11.7 Å². The third-order valence-electron chi connectivity index (χ3n) is 7.50. The van der Waals surface area contributed by atoms with E-state index in [0.29, 0.717) is 6.42 Å². The summed E-state index contributed by atoms with van der Waals surface area (Å²) in [5, 5.41) is 11.7. The molecule has 3 aliphatic heterocycles. The molecule has 1 saturated carbocycles. The Kier molecular flexibility index (Phi) is 3.30. The van der Waals surface area contributed by atoms with Gasteiger partial charge >= 0.3 is 11.9 Å². The molecular weight excluding hydrogens is 368 g/mol. The predicted molar refractivity (Wildman–Crippen MR) is 92.2 cm³/mol. The van der Waals surface area contributed by atoms with Crippen LogP contribution in [-0.2, 0) is 33.6 Å². The number of carbonyl (C=O) groups is 2. The molecule has 8 heteroatoms. The molecule has 0 radical (unpaired) electrons. The van der Waals surface area contributed by atoms with Crippen molar-refractivity contribution < 1.29 is 38.7 Å². The molecule has 4 fully saturated rings. The maximum atomic E-state index is 12.8. The zero-order valence-electron chi connectivity index (χ0n) is 16.3. The van der Waals surface area contributed by atoms with Crippen LogP contribution in [0, 0.1) is 17.3 Å². The van der Waals surface area contributed by atoms with Crippen LogP contribution in [0.4, 0.5) is 0 Å². The summed E-state index contributed by atoms with van der Waals surface area (Å²) in [6.45, 7) is 10.9. The topological polar surface area (TPSA) is 104 Å². The summed E-state index contributed by atoms with van der Waals surface area (Å²) in [6, 6.07) is 0. The molecule has 5 rings (SSSR count). The molecule has 3 saturated heterocycles. The second-order valence-corrected chi connectivity index (χ2v) is 9.16. The number of aliphatic hydroxyl groups is 1. The van der Waals surface area contributed by atoms with Crippen LogP contribution in [0.25, 0.3) is 0 Å². The first-order valence-corrected chi connectivity index (χ1v) is 9.53. The van der Waals surface area contributed by atoms with Crippen LogP contribution in [0.1, 0.15) is 34.1 Å². The van der Waals surface area contributed by atoms with E-state index in [9.17, 15) is 14.7 Å². The van der Waals surface area contributed by atoms with Crippen molar-refractivity contribution in [3.05, 3.63) is 24.3 Å². The van der Waals surface area contributed by atoms with Gasteiger partial charge in [-0.3, -0.25) is 0 Å². The SMILES string of the molecule is C=C1C(=O)O[C@@H]2[C@H]1[C@@H](OC(=O)[C@]1(C)O[C@@H]1C)[C@@]1(O)OO[C@]3(C)CC=C[C@@]1(C)[C@H]23. The molecule has 5 aliphatic rings. The molecule has 0 aromatic heterocycles. The number of fused-ring (bicyclic) bond motifs is 1. The van der Waals surface area contributed by atoms with Gasteiger partial charge in [0.1, 0.15) is 11.7 Å². The number of epoxide rings is 1. The molecule has 152 valence electrons. The number of ether oxygens (including phenoxy) is 3. The van der Waals surface area contributed by atoms with Gasteiger partial charge in [0, 0.05) is 11.5 Å². The van der Waals surface area contributed by atoms with Gasteiger partial charge in [0.25, 0.3) is 0 Å². The quantitative estimate of drug-likeness (QED) is 0.246. The van der Waals surface area contributed by atoms with E-state index in [-0.39, 0.29) is 11.7 Å².